The first-order valence-electron chi connectivity index (χ1n) is 10.2. The second-order valence-electron chi connectivity index (χ2n) is 7.63. The van der Waals surface area contributed by atoms with Crippen molar-refractivity contribution in [1.29, 1.82) is 0 Å². The van der Waals surface area contributed by atoms with Crippen LogP contribution in [0.25, 0.3) is 0 Å². The largest absolute Gasteiger partial charge is 0.379 e. The normalized spacial score (nSPS) is 14.9. The molecule has 1 heterocycles. The maximum Gasteiger partial charge on any atom is 0.263 e. The SMILES string of the molecule is Cc1ccc(NS(=O)(=O)c2cc(C(=O)NCCCN3CCOCC3)ccc2Cl)c(C)c1. The van der Waals surface area contributed by atoms with Gasteiger partial charge in [-0.1, -0.05) is 29.3 Å². The number of halogens is 1. The minimum absolute atomic E-state index is 0.0566. The molecule has 0 unspecified atom stereocenters. The number of sulfonamides is 1. The van der Waals surface area contributed by atoms with Gasteiger partial charge in [-0.15, -0.1) is 0 Å². The van der Waals surface area contributed by atoms with Gasteiger partial charge in [0.15, 0.2) is 0 Å². The first kappa shape index (κ1) is 23.5. The fourth-order valence-corrected chi connectivity index (χ4v) is 5.07. The summed E-state index contributed by atoms with van der Waals surface area (Å²) in [6.07, 6.45) is 0.804. The van der Waals surface area contributed by atoms with E-state index >= 15 is 0 Å². The minimum Gasteiger partial charge on any atom is -0.379 e. The standard InChI is InChI=1S/C22H28ClN3O4S/c1-16-4-7-20(17(2)14-16)25-31(28,29)21-15-18(5-6-19(21)23)22(27)24-8-3-9-26-10-12-30-13-11-26/h4-7,14-15,25H,3,8-13H2,1-2H3,(H,24,27). The van der Waals surface area contributed by atoms with Gasteiger partial charge in [0.1, 0.15) is 4.90 Å². The fourth-order valence-electron chi connectivity index (χ4n) is 3.41. The highest BCUT2D eigenvalue weighted by atomic mass is 35.5. The highest BCUT2D eigenvalue weighted by Crippen LogP contribution is 2.26. The Bertz CT molecular complexity index is 1040. The van der Waals surface area contributed by atoms with E-state index in [0.717, 1.165) is 50.4 Å². The molecule has 7 nitrogen and oxygen atoms in total. The second-order valence-corrected chi connectivity index (χ2v) is 9.69. The van der Waals surface area contributed by atoms with Crippen LogP contribution < -0.4 is 10.0 Å². The Kier molecular flexibility index (Phi) is 7.94. The number of nitrogens with zero attached hydrogens (tertiary/aromatic N) is 1. The molecule has 0 saturated carbocycles. The number of hydrogen-bond donors (Lipinski definition) is 2. The van der Waals surface area contributed by atoms with Crippen LogP contribution in [0.2, 0.25) is 5.02 Å². The van der Waals surface area contributed by atoms with Crippen LogP contribution >= 0.6 is 11.6 Å². The van der Waals surface area contributed by atoms with Crippen molar-refractivity contribution in [1.82, 2.24) is 10.2 Å². The molecule has 1 fully saturated rings. The van der Waals surface area contributed by atoms with Crippen molar-refractivity contribution in [3.8, 4) is 0 Å². The summed E-state index contributed by atoms with van der Waals surface area (Å²) in [6.45, 7) is 8.43. The molecular weight excluding hydrogens is 438 g/mol. The molecule has 2 N–H and O–H groups in total. The summed E-state index contributed by atoms with van der Waals surface area (Å²) in [7, 11) is -3.96. The van der Waals surface area contributed by atoms with Crippen LogP contribution in [0.1, 0.15) is 27.9 Å². The molecule has 0 spiro atoms. The van der Waals surface area contributed by atoms with Crippen molar-refractivity contribution in [2.45, 2.75) is 25.2 Å². The number of benzene rings is 2. The van der Waals surface area contributed by atoms with E-state index in [1.165, 1.54) is 18.2 Å². The first-order valence-corrected chi connectivity index (χ1v) is 12.1. The third-order valence-corrected chi connectivity index (χ3v) is 7.00. The van der Waals surface area contributed by atoms with E-state index in [0.29, 0.717) is 12.2 Å². The van der Waals surface area contributed by atoms with Gasteiger partial charge in [-0.05, 0) is 56.6 Å². The predicted molar refractivity (Wildman–Crippen MR) is 122 cm³/mol. The van der Waals surface area contributed by atoms with Gasteiger partial charge in [-0.2, -0.15) is 0 Å². The third-order valence-electron chi connectivity index (χ3n) is 5.15. The molecule has 31 heavy (non-hydrogen) atoms. The van der Waals surface area contributed by atoms with Crippen LogP contribution in [0, 0.1) is 13.8 Å². The van der Waals surface area contributed by atoms with Crippen molar-refractivity contribution in [3.63, 3.8) is 0 Å². The number of anilines is 1. The van der Waals surface area contributed by atoms with Crippen LogP contribution in [-0.4, -0.2) is 58.6 Å². The maximum atomic E-state index is 12.9. The lowest BCUT2D eigenvalue weighted by molar-refractivity contribution is 0.0374. The quantitative estimate of drug-likeness (QED) is 0.584. The Hall–Kier alpha value is -2.13. The summed E-state index contributed by atoms with van der Waals surface area (Å²) < 4.78 is 33.7. The molecule has 3 rings (SSSR count). The minimum atomic E-state index is -3.96. The number of carbonyl (C=O) groups is 1. The average molecular weight is 466 g/mol. The molecule has 168 valence electrons. The Labute approximate surface area is 188 Å². The summed E-state index contributed by atoms with van der Waals surface area (Å²) in [5.41, 5.74) is 2.55. The zero-order chi connectivity index (χ0) is 22.4. The lowest BCUT2D eigenvalue weighted by Crippen LogP contribution is -2.38. The van der Waals surface area contributed by atoms with E-state index in [2.05, 4.69) is 14.9 Å². The number of hydrogen-bond acceptors (Lipinski definition) is 5. The molecule has 0 aliphatic carbocycles. The van der Waals surface area contributed by atoms with E-state index in [1.807, 2.05) is 26.0 Å². The molecule has 0 bridgehead atoms. The summed E-state index contributed by atoms with van der Waals surface area (Å²) in [5, 5.41) is 2.90. The topological polar surface area (TPSA) is 87.7 Å². The molecule has 0 radical (unpaired) electrons. The van der Waals surface area contributed by atoms with Crippen LogP contribution in [-0.2, 0) is 14.8 Å². The maximum absolute atomic E-state index is 12.9. The monoisotopic (exact) mass is 465 g/mol. The van der Waals surface area contributed by atoms with E-state index in [4.69, 9.17) is 16.3 Å². The van der Waals surface area contributed by atoms with Crippen LogP contribution in [0.4, 0.5) is 5.69 Å². The van der Waals surface area contributed by atoms with E-state index in [-0.39, 0.29) is 21.4 Å². The number of nitrogens with one attached hydrogen (secondary N) is 2. The number of aryl methyl sites for hydroxylation is 2. The van der Waals surface area contributed by atoms with Crippen LogP contribution in [0.3, 0.4) is 0 Å². The third kappa shape index (κ3) is 6.43. The zero-order valence-electron chi connectivity index (χ0n) is 17.8. The predicted octanol–water partition coefficient (Wildman–Crippen LogP) is 3.21. The molecule has 1 amide bonds. The number of amides is 1. The number of morpholine rings is 1. The summed E-state index contributed by atoms with van der Waals surface area (Å²) >= 11 is 6.16. The van der Waals surface area contributed by atoms with Gasteiger partial charge >= 0.3 is 0 Å². The summed E-state index contributed by atoms with van der Waals surface area (Å²) in [5.74, 6) is -0.332. The van der Waals surface area contributed by atoms with Crippen molar-refractivity contribution >= 4 is 33.2 Å². The molecule has 1 aliphatic heterocycles. The number of carbonyl (C=O) groups excluding carboxylic acids is 1. The smallest absolute Gasteiger partial charge is 0.263 e. The van der Waals surface area contributed by atoms with Crippen molar-refractivity contribution in [2.75, 3.05) is 44.1 Å². The Morgan fingerprint density at radius 3 is 2.58 bits per heavy atom. The molecule has 2 aromatic carbocycles. The van der Waals surface area contributed by atoms with E-state index in [1.54, 1.807) is 6.07 Å². The molecule has 0 aromatic heterocycles. The lowest BCUT2D eigenvalue weighted by atomic mass is 10.1. The highest BCUT2D eigenvalue weighted by molar-refractivity contribution is 7.92. The van der Waals surface area contributed by atoms with E-state index < -0.39 is 10.0 Å². The molecular formula is C22H28ClN3O4S. The van der Waals surface area contributed by atoms with Gasteiger partial charge in [0.2, 0.25) is 0 Å². The average Bonchev–Trinajstić information content (AvgIpc) is 2.74. The van der Waals surface area contributed by atoms with Gasteiger partial charge in [0.25, 0.3) is 15.9 Å². The fraction of sp³-hybridized carbons (Fsp3) is 0.409. The van der Waals surface area contributed by atoms with Crippen molar-refractivity contribution < 1.29 is 17.9 Å². The molecule has 2 aromatic rings. The summed E-state index contributed by atoms with van der Waals surface area (Å²) in [4.78, 5) is 14.7. The first-order chi connectivity index (χ1) is 14.8. The highest BCUT2D eigenvalue weighted by Gasteiger charge is 2.21. The Balaban J connectivity index is 1.65. The van der Waals surface area contributed by atoms with Gasteiger partial charge in [0.05, 0.1) is 23.9 Å². The van der Waals surface area contributed by atoms with Crippen molar-refractivity contribution in [3.05, 3.63) is 58.1 Å². The molecule has 1 aliphatic rings. The van der Waals surface area contributed by atoms with Gasteiger partial charge < -0.3 is 10.1 Å². The molecule has 1 saturated heterocycles. The van der Waals surface area contributed by atoms with Crippen molar-refractivity contribution in [2.24, 2.45) is 0 Å². The lowest BCUT2D eigenvalue weighted by Gasteiger charge is -2.26. The Morgan fingerprint density at radius 2 is 1.87 bits per heavy atom. The van der Waals surface area contributed by atoms with Gasteiger partial charge in [-0.25, -0.2) is 8.42 Å². The molecule has 9 heteroatoms. The molecule has 0 atom stereocenters. The number of ether oxygens (including phenoxy) is 1. The van der Waals surface area contributed by atoms with Crippen LogP contribution in [0.5, 0.6) is 0 Å². The zero-order valence-corrected chi connectivity index (χ0v) is 19.4. The van der Waals surface area contributed by atoms with Gasteiger partial charge in [0, 0.05) is 25.2 Å². The Morgan fingerprint density at radius 1 is 1.13 bits per heavy atom. The van der Waals surface area contributed by atoms with E-state index in [9.17, 15) is 13.2 Å². The number of rotatable bonds is 8. The second kappa shape index (κ2) is 10.5. The summed E-state index contributed by atoms with van der Waals surface area (Å²) in [6, 6.07) is 9.69. The van der Waals surface area contributed by atoms with Crippen LogP contribution in [0.15, 0.2) is 41.3 Å². The van der Waals surface area contributed by atoms with Gasteiger partial charge in [-0.3, -0.25) is 14.4 Å².